The molecule has 1 aromatic carbocycles. The molecule has 2 fully saturated rings. The third kappa shape index (κ3) is 3.68. The summed E-state index contributed by atoms with van der Waals surface area (Å²) in [4.78, 5) is 27.0. The average Bonchev–Trinajstić information content (AvgIpc) is 3.49. The van der Waals surface area contributed by atoms with E-state index in [0.29, 0.717) is 19.4 Å². The van der Waals surface area contributed by atoms with E-state index in [1.807, 2.05) is 11.8 Å². The largest absolute Gasteiger partial charge is 0.465 e. The van der Waals surface area contributed by atoms with E-state index < -0.39 is 22.0 Å². The fourth-order valence-electron chi connectivity index (χ4n) is 4.43. The molecule has 8 heteroatoms. The summed E-state index contributed by atoms with van der Waals surface area (Å²) in [5.41, 5.74) is 1.69. The Kier molecular flexibility index (Phi) is 5.42. The topological polar surface area (TPSA) is 84.0 Å². The van der Waals surface area contributed by atoms with Gasteiger partial charge in [-0.3, -0.25) is 9.59 Å². The zero-order chi connectivity index (χ0) is 20.8. The summed E-state index contributed by atoms with van der Waals surface area (Å²) in [7, 11) is -3.83. The first kappa shape index (κ1) is 20.3. The Labute approximate surface area is 172 Å². The third-order valence-electron chi connectivity index (χ3n) is 6.05. The normalized spacial score (nSPS) is 25.0. The van der Waals surface area contributed by atoms with Gasteiger partial charge >= 0.3 is 5.97 Å². The van der Waals surface area contributed by atoms with Gasteiger partial charge in [0, 0.05) is 24.2 Å². The molecule has 0 unspecified atom stereocenters. The smallest absolute Gasteiger partial charge is 0.324 e. The number of esters is 1. The summed E-state index contributed by atoms with van der Waals surface area (Å²) < 4.78 is 33.1. The van der Waals surface area contributed by atoms with E-state index in [0.717, 1.165) is 36.9 Å². The van der Waals surface area contributed by atoms with Crippen LogP contribution < -0.4 is 4.90 Å². The monoisotopic (exact) mass is 420 g/mol. The highest BCUT2D eigenvalue weighted by atomic mass is 32.2. The summed E-state index contributed by atoms with van der Waals surface area (Å²) in [5.74, 6) is -0.220. The summed E-state index contributed by atoms with van der Waals surface area (Å²) in [6.07, 6.45) is 4.51. The molecule has 0 bridgehead atoms. The minimum Gasteiger partial charge on any atom is -0.465 e. The van der Waals surface area contributed by atoms with Crippen molar-refractivity contribution in [3.05, 3.63) is 23.8 Å². The maximum atomic E-state index is 13.4. The van der Waals surface area contributed by atoms with Gasteiger partial charge in [0.1, 0.15) is 6.04 Å². The number of benzene rings is 1. The van der Waals surface area contributed by atoms with Crippen LogP contribution in [0.5, 0.6) is 0 Å². The molecule has 2 atom stereocenters. The van der Waals surface area contributed by atoms with E-state index in [2.05, 4.69) is 0 Å². The second-order valence-electron chi connectivity index (χ2n) is 8.21. The Hall–Kier alpha value is -1.93. The zero-order valence-corrected chi connectivity index (χ0v) is 17.8. The fourth-order valence-corrected chi connectivity index (χ4v) is 6.13. The number of fused-ring (bicyclic) bond motifs is 1. The Morgan fingerprint density at radius 3 is 2.62 bits per heavy atom. The van der Waals surface area contributed by atoms with Crippen molar-refractivity contribution in [3.63, 3.8) is 0 Å². The van der Waals surface area contributed by atoms with Gasteiger partial charge in [0.25, 0.3) is 0 Å². The first-order chi connectivity index (χ1) is 13.8. The van der Waals surface area contributed by atoms with E-state index in [1.165, 1.54) is 4.31 Å². The number of carbonyl (C=O) groups excluding carboxylic acids is 2. The third-order valence-corrected chi connectivity index (χ3v) is 7.95. The number of ether oxygens (including phenoxy) is 1. The SMILES string of the molecule is CCOC(=O)[C@H]1CCCCN1S(=O)(=O)c1ccc2c(c1)C[C@H](C)N2C(=O)C1CC1. The van der Waals surface area contributed by atoms with Gasteiger partial charge in [0.05, 0.1) is 11.5 Å². The van der Waals surface area contributed by atoms with Gasteiger partial charge in [-0.2, -0.15) is 4.31 Å². The van der Waals surface area contributed by atoms with E-state index in [-0.39, 0.29) is 29.4 Å². The van der Waals surface area contributed by atoms with Gasteiger partial charge in [-0.1, -0.05) is 0 Å². The Balaban J connectivity index is 1.63. The second kappa shape index (κ2) is 7.72. The molecule has 3 aliphatic rings. The first-order valence-electron chi connectivity index (χ1n) is 10.5. The molecule has 2 heterocycles. The minimum atomic E-state index is -3.83. The predicted octanol–water partition coefficient (Wildman–Crippen LogP) is 2.48. The molecule has 4 rings (SSSR count). The number of rotatable bonds is 5. The molecule has 158 valence electrons. The minimum absolute atomic E-state index is 0.0262. The van der Waals surface area contributed by atoms with Crippen molar-refractivity contribution >= 4 is 27.6 Å². The van der Waals surface area contributed by atoms with E-state index in [1.54, 1.807) is 25.1 Å². The van der Waals surface area contributed by atoms with Gasteiger partial charge in [-0.15, -0.1) is 0 Å². The molecule has 1 amide bonds. The molecule has 0 aromatic heterocycles. The van der Waals surface area contributed by atoms with Crippen LogP contribution in [0.15, 0.2) is 23.1 Å². The molecule has 1 saturated heterocycles. The molecule has 1 aromatic rings. The quantitative estimate of drug-likeness (QED) is 0.684. The number of piperidine rings is 1. The molecule has 1 aliphatic carbocycles. The van der Waals surface area contributed by atoms with Crippen LogP contribution >= 0.6 is 0 Å². The molecular weight excluding hydrogens is 392 g/mol. The van der Waals surface area contributed by atoms with Crippen LogP contribution in [0.25, 0.3) is 0 Å². The fraction of sp³-hybridized carbons (Fsp3) is 0.619. The summed E-state index contributed by atoms with van der Waals surface area (Å²) in [6, 6.07) is 4.25. The predicted molar refractivity (Wildman–Crippen MR) is 108 cm³/mol. The summed E-state index contributed by atoms with van der Waals surface area (Å²) in [5, 5.41) is 0. The highest BCUT2D eigenvalue weighted by Crippen LogP contribution is 2.40. The number of amides is 1. The zero-order valence-electron chi connectivity index (χ0n) is 17.0. The van der Waals surface area contributed by atoms with Crippen molar-refractivity contribution in [2.24, 2.45) is 5.92 Å². The lowest BCUT2D eigenvalue weighted by Gasteiger charge is -2.33. The number of hydrogen-bond acceptors (Lipinski definition) is 5. The molecule has 2 aliphatic heterocycles. The lowest BCUT2D eigenvalue weighted by Crippen LogP contribution is -2.48. The number of carbonyl (C=O) groups is 2. The number of sulfonamides is 1. The molecule has 0 radical (unpaired) electrons. The molecule has 0 spiro atoms. The van der Waals surface area contributed by atoms with Crippen LogP contribution in [0.4, 0.5) is 5.69 Å². The van der Waals surface area contributed by atoms with Crippen LogP contribution in [0, 0.1) is 5.92 Å². The van der Waals surface area contributed by atoms with Crippen LogP contribution in [-0.4, -0.2) is 49.8 Å². The lowest BCUT2D eigenvalue weighted by atomic mass is 10.1. The second-order valence-corrected chi connectivity index (χ2v) is 10.1. The summed E-state index contributed by atoms with van der Waals surface area (Å²) in [6.45, 7) is 4.25. The van der Waals surface area contributed by atoms with Gasteiger partial charge < -0.3 is 9.64 Å². The van der Waals surface area contributed by atoms with Gasteiger partial charge in [-0.25, -0.2) is 8.42 Å². The van der Waals surface area contributed by atoms with Crippen molar-refractivity contribution in [2.75, 3.05) is 18.1 Å². The lowest BCUT2D eigenvalue weighted by molar-refractivity contribution is -0.148. The van der Waals surface area contributed by atoms with Crippen molar-refractivity contribution < 1.29 is 22.7 Å². The Morgan fingerprint density at radius 1 is 1.17 bits per heavy atom. The molecule has 7 nitrogen and oxygen atoms in total. The van der Waals surface area contributed by atoms with Crippen molar-refractivity contribution in [1.82, 2.24) is 4.31 Å². The Bertz CT molecular complexity index is 925. The maximum absolute atomic E-state index is 13.4. The van der Waals surface area contributed by atoms with Gasteiger partial charge in [0.2, 0.25) is 15.9 Å². The first-order valence-corrected chi connectivity index (χ1v) is 11.9. The van der Waals surface area contributed by atoms with E-state index in [4.69, 9.17) is 4.74 Å². The number of anilines is 1. The highest BCUT2D eigenvalue weighted by molar-refractivity contribution is 7.89. The molecule has 0 N–H and O–H groups in total. The number of nitrogens with zero attached hydrogens (tertiary/aromatic N) is 2. The van der Waals surface area contributed by atoms with Crippen LogP contribution in [0.3, 0.4) is 0 Å². The molecule has 29 heavy (non-hydrogen) atoms. The van der Waals surface area contributed by atoms with E-state index >= 15 is 0 Å². The summed E-state index contributed by atoms with van der Waals surface area (Å²) >= 11 is 0. The van der Waals surface area contributed by atoms with Gasteiger partial charge in [-0.05, 0) is 76.1 Å². The van der Waals surface area contributed by atoms with Crippen LogP contribution in [0.1, 0.15) is 51.5 Å². The standard InChI is InChI=1S/C21H28N2O5S/c1-3-28-21(25)19-6-4-5-11-22(19)29(26,27)17-9-10-18-16(13-17)12-14(2)23(18)20(24)15-7-8-15/h9-10,13-15,19H,3-8,11-12H2,1-2H3/t14-,19+/m0/s1. The van der Waals surface area contributed by atoms with Crippen molar-refractivity contribution in [3.8, 4) is 0 Å². The molecular formula is C21H28N2O5S. The highest BCUT2D eigenvalue weighted by Gasteiger charge is 2.41. The van der Waals surface area contributed by atoms with Crippen molar-refractivity contribution in [1.29, 1.82) is 0 Å². The van der Waals surface area contributed by atoms with Crippen LogP contribution in [-0.2, 0) is 30.8 Å². The van der Waals surface area contributed by atoms with Crippen LogP contribution in [0.2, 0.25) is 0 Å². The van der Waals surface area contributed by atoms with Crippen molar-refractivity contribution in [2.45, 2.75) is 69.4 Å². The molecule has 1 saturated carbocycles. The Morgan fingerprint density at radius 2 is 1.93 bits per heavy atom. The maximum Gasteiger partial charge on any atom is 0.324 e. The number of hydrogen-bond donors (Lipinski definition) is 0. The van der Waals surface area contributed by atoms with Gasteiger partial charge in [0.15, 0.2) is 0 Å². The van der Waals surface area contributed by atoms with E-state index in [9.17, 15) is 18.0 Å². The average molecular weight is 421 g/mol.